The molecule has 0 saturated carbocycles. The first-order valence-corrected chi connectivity index (χ1v) is 4.05. The standard InChI is InChI=1S/C8H16N2O3/c1-6(11)7(9-2)4-8(12)10-5-13-3/h7,9H,4-5H2,1-3H3,(H,10,12)/t7-/m0/s1. The van der Waals surface area contributed by atoms with E-state index in [1.165, 1.54) is 14.0 Å². The molecule has 0 bridgehead atoms. The Bertz CT molecular complexity index is 182. The molecule has 0 spiro atoms. The Balaban J connectivity index is 3.80. The molecule has 0 heterocycles. The highest BCUT2D eigenvalue weighted by Crippen LogP contribution is 1.92. The maximum Gasteiger partial charge on any atom is 0.223 e. The van der Waals surface area contributed by atoms with Gasteiger partial charge in [-0.05, 0) is 14.0 Å². The monoisotopic (exact) mass is 188 g/mol. The molecule has 0 radical (unpaired) electrons. The van der Waals surface area contributed by atoms with Crippen molar-refractivity contribution in [3.8, 4) is 0 Å². The molecule has 0 fully saturated rings. The molecule has 0 rings (SSSR count). The minimum atomic E-state index is -0.406. The molecule has 0 saturated heterocycles. The van der Waals surface area contributed by atoms with Crippen LogP contribution < -0.4 is 10.6 Å². The minimum absolute atomic E-state index is 0.0462. The maximum atomic E-state index is 11.1. The molecule has 0 aromatic rings. The van der Waals surface area contributed by atoms with Crippen LogP contribution in [0.4, 0.5) is 0 Å². The van der Waals surface area contributed by atoms with Crippen molar-refractivity contribution in [2.75, 3.05) is 20.9 Å². The van der Waals surface area contributed by atoms with E-state index in [0.29, 0.717) is 0 Å². The minimum Gasteiger partial charge on any atom is -0.364 e. The van der Waals surface area contributed by atoms with E-state index < -0.39 is 6.04 Å². The number of amides is 1. The van der Waals surface area contributed by atoms with E-state index in [4.69, 9.17) is 0 Å². The lowest BCUT2D eigenvalue weighted by molar-refractivity contribution is -0.127. The molecule has 2 N–H and O–H groups in total. The number of nitrogens with one attached hydrogen (secondary N) is 2. The van der Waals surface area contributed by atoms with Crippen molar-refractivity contribution in [1.82, 2.24) is 10.6 Å². The molecule has 0 aliphatic heterocycles. The van der Waals surface area contributed by atoms with Crippen molar-refractivity contribution in [1.29, 1.82) is 0 Å². The molecular formula is C8H16N2O3. The van der Waals surface area contributed by atoms with Crippen LogP contribution in [-0.4, -0.2) is 38.6 Å². The Hall–Kier alpha value is -0.940. The molecule has 1 amide bonds. The van der Waals surface area contributed by atoms with Crippen LogP contribution in [0.3, 0.4) is 0 Å². The highest BCUT2D eigenvalue weighted by atomic mass is 16.5. The number of ketones is 1. The number of likely N-dealkylation sites (N-methyl/N-ethyl adjacent to an activating group) is 1. The Kier molecular flexibility index (Phi) is 6.09. The first-order valence-electron chi connectivity index (χ1n) is 4.05. The van der Waals surface area contributed by atoms with E-state index in [1.807, 2.05) is 0 Å². The van der Waals surface area contributed by atoms with E-state index in [0.717, 1.165) is 0 Å². The van der Waals surface area contributed by atoms with Crippen molar-refractivity contribution < 1.29 is 14.3 Å². The molecule has 0 aromatic carbocycles. The summed E-state index contributed by atoms with van der Waals surface area (Å²) in [6, 6.07) is -0.406. The van der Waals surface area contributed by atoms with Crippen LogP contribution in [0.25, 0.3) is 0 Å². The van der Waals surface area contributed by atoms with Gasteiger partial charge in [-0.15, -0.1) is 0 Å². The summed E-state index contributed by atoms with van der Waals surface area (Å²) in [4.78, 5) is 22.0. The van der Waals surface area contributed by atoms with Crippen LogP contribution in [-0.2, 0) is 14.3 Å². The highest BCUT2D eigenvalue weighted by molar-refractivity contribution is 5.88. The Morgan fingerprint density at radius 3 is 2.46 bits per heavy atom. The summed E-state index contributed by atoms with van der Waals surface area (Å²) >= 11 is 0. The van der Waals surface area contributed by atoms with Gasteiger partial charge in [0, 0.05) is 13.5 Å². The van der Waals surface area contributed by atoms with Crippen LogP contribution in [0.15, 0.2) is 0 Å². The largest absolute Gasteiger partial charge is 0.364 e. The number of methoxy groups -OCH3 is 1. The lowest BCUT2D eigenvalue weighted by Crippen LogP contribution is -2.38. The van der Waals surface area contributed by atoms with Crippen molar-refractivity contribution in [3.05, 3.63) is 0 Å². The normalized spacial score (nSPS) is 12.2. The third kappa shape index (κ3) is 5.32. The molecule has 1 atom stereocenters. The maximum absolute atomic E-state index is 11.1. The third-order valence-electron chi connectivity index (χ3n) is 1.64. The number of hydrogen-bond donors (Lipinski definition) is 2. The zero-order valence-corrected chi connectivity index (χ0v) is 8.22. The zero-order valence-electron chi connectivity index (χ0n) is 8.22. The first-order chi connectivity index (χ1) is 6.11. The summed E-state index contributed by atoms with van der Waals surface area (Å²) in [6.45, 7) is 1.62. The van der Waals surface area contributed by atoms with Gasteiger partial charge in [-0.1, -0.05) is 0 Å². The van der Waals surface area contributed by atoms with Crippen molar-refractivity contribution in [3.63, 3.8) is 0 Å². The molecule has 5 heteroatoms. The molecule has 0 aliphatic carbocycles. The van der Waals surface area contributed by atoms with Gasteiger partial charge in [-0.2, -0.15) is 0 Å². The number of carbonyl (C=O) groups excluding carboxylic acids is 2. The van der Waals surface area contributed by atoms with Crippen LogP contribution in [0.1, 0.15) is 13.3 Å². The van der Waals surface area contributed by atoms with Gasteiger partial charge in [0.25, 0.3) is 0 Å². The van der Waals surface area contributed by atoms with Gasteiger partial charge in [0.05, 0.1) is 6.04 Å². The summed E-state index contributed by atoms with van der Waals surface area (Å²) in [6.07, 6.45) is 0.148. The fourth-order valence-corrected chi connectivity index (χ4v) is 0.859. The summed E-state index contributed by atoms with van der Waals surface area (Å²) in [5.41, 5.74) is 0. The van der Waals surface area contributed by atoms with Gasteiger partial charge in [0.15, 0.2) is 0 Å². The van der Waals surface area contributed by atoms with Gasteiger partial charge >= 0.3 is 0 Å². The second-order valence-electron chi connectivity index (χ2n) is 2.69. The summed E-state index contributed by atoms with van der Waals surface area (Å²) in [5, 5.41) is 5.26. The van der Waals surface area contributed by atoms with Gasteiger partial charge in [0.2, 0.25) is 5.91 Å². The van der Waals surface area contributed by atoms with Gasteiger partial charge < -0.3 is 15.4 Å². The van der Waals surface area contributed by atoms with Crippen molar-refractivity contribution in [2.45, 2.75) is 19.4 Å². The fourth-order valence-electron chi connectivity index (χ4n) is 0.859. The molecule has 76 valence electrons. The Morgan fingerprint density at radius 2 is 2.08 bits per heavy atom. The molecular weight excluding hydrogens is 172 g/mol. The molecule has 0 aliphatic rings. The quantitative estimate of drug-likeness (QED) is 0.539. The molecule has 13 heavy (non-hydrogen) atoms. The third-order valence-corrected chi connectivity index (χ3v) is 1.64. The van der Waals surface area contributed by atoms with Crippen LogP contribution in [0.5, 0.6) is 0 Å². The molecule has 0 unspecified atom stereocenters. The van der Waals surface area contributed by atoms with Crippen LogP contribution >= 0.6 is 0 Å². The average Bonchev–Trinajstić information content (AvgIpc) is 2.10. The van der Waals surface area contributed by atoms with Gasteiger partial charge in [0.1, 0.15) is 12.5 Å². The number of Topliss-reactive ketones (excluding diaryl/α,β-unsaturated/α-hetero) is 1. The zero-order chi connectivity index (χ0) is 10.3. The topological polar surface area (TPSA) is 67.4 Å². The second kappa shape index (κ2) is 6.56. The van der Waals surface area contributed by atoms with Crippen molar-refractivity contribution >= 4 is 11.7 Å². The highest BCUT2D eigenvalue weighted by Gasteiger charge is 2.15. The summed E-state index contributed by atoms with van der Waals surface area (Å²) < 4.78 is 4.65. The predicted molar refractivity (Wildman–Crippen MR) is 48.2 cm³/mol. The SMILES string of the molecule is CN[C@@H](CC(=O)NCOC)C(C)=O. The fraction of sp³-hybridized carbons (Fsp3) is 0.750. The van der Waals surface area contributed by atoms with Gasteiger partial charge in [-0.3, -0.25) is 9.59 Å². The average molecular weight is 188 g/mol. The summed E-state index contributed by atoms with van der Waals surface area (Å²) in [7, 11) is 3.14. The van der Waals surface area contributed by atoms with E-state index in [2.05, 4.69) is 15.4 Å². The smallest absolute Gasteiger partial charge is 0.223 e. The molecule has 5 nitrogen and oxygen atoms in total. The van der Waals surface area contributed by atoms with E-state index in [1.54, 1.807) is 7.05 Å². The van der Waals surface area contributed by atoms with Crippen LogP contribution in [0, 0.1) is 0 Å². The Labute approximate surface area is 77.8 Å². The lowest BCUT2D eigenvalue weighted by atomic mass is 10.1. The molecule has 0 aromatic heterocycles. The number of rotatable bonds is 6. The number of hydrogen-bond acceptors (Lipinski definition) is 4. The predicted octanol–water partition coefficient (Wildman–Crippen LogP) is -0.726. The van der Waals surface area contributed by atoms with Gasteiger partial charge in [-0.25, -0.2) is 0 Å². The van der Waals surface area contributed by atoms with Crippen molar-refractivity contribution in [2.24, 2.45) is 0 Å². The number of carbonyl (C=O) groups is 2. The summed E-state index contributed by atoms with van der Waals surface area (Å²) in [5.74, 6) is -0.244. The van der Waals surface area contributed by atoms with E-state index in [9.17, 15) is 9.59 Å². The van der Waals surface area contributed by atoms with E-state index >= 15 is 0 Å². The first kappa shape index (κ1) is 12.1. The lowest BCUT2D eigenvalue weighted by Gasteiger charge is -2.11. The van der Waals surface area contributed by atoms with E-state index in [-0.39, 0.29) is 24.8 Å². The van der Waals surface area contributed by atoms with Crippen LogP contribution in [0.2, 0.25) is 0 Å². The number of ether oxygens (including phenoxy) is 1. The Morgan fingerprint density at radius 1 is 1.46 bits per heavy atom. The second-order valence-corrected chi connectivity index (χ2v) is 2.69.